The summed E-state index contributed by atoms with van der Waals surface area (Å²) in [6.07, 6.45) is -0.114. The highest BCUT2D eigenvalue weighted by atomic mass is 16.6. The molecule has 3 rings (SSSR count). The van der Waals surface area contributed by atoms with Crippen molar-refractivity contribution in [2.75, 3.05) is 13.1 Å². The molecule has 0 aromatic heterocycles. The highest BCUT2D eigenvalue weighted by molar-refractivity contribution is 6.02. The molecule has 2 aromatic rings. The Morgan fingerprint density at radius 2 is 1.54 bits per heavy atom. The summed E-state index contributed by atoms with van der Waals surface area (Å²) in [6.45, 7) is 11.0. The van der Waals surface area contributed by atoms with Crippen LogP contribution in [0, 0.1) is 11.8 Å². The van der Waals surface area contributed by atoms with Crippen molar-refractivity contribution in [2.24, 2.45) is 10.7 Å². The van der Waals surface area contributed by atoms with Crippen LogP contribution >= 0.6 is 0 Å². The molecular weight excluding hydrogens is 470 g/mol. The molecule has 1 heterocycles. The minimum Gasteiger partial charge on any atom is -0.459 e. The molecule has 2 aromatic carbocycles. The molecule has 2 N–H and O–H groups in total. The van der Waals surface area contributed by atoms with Gasteiger partial charge in [0, 0.05) is 28.8 Å². The average Bonchev–Trinajstić information content (AvgIpc) is 2.77. The summed E-state index contributed by atoms with van der Waals surface area (Å²) in [7, 11) is 0. The number of carbonyl (C=O) groups excluding carboxylic acids is 3. The van der Waals surface area contributed by atoms with E-state index in [0.29, 0.717) is 24.1 Å². The largest absolute Gasteiger partial charge is 0.459 e. The van der Waals surface area contributed by atoms with Gasteiger partial charge in [-0.1, -0.05) is 24.0 Å². The monoisotopic (exact) mass is 503 g/mol. The molecule has 0 spiro atoms. The van der Waals surface area contributed by atoms with Crippen molar-refractivity contribution in [1.82, 2.24) is 4.90 Å². The molecule has 2 amide bonds. The lowest BCUT2D eigenvalue weighted by Gasteiger charge is -2.29. The summed E-state index contributed by atoms with van der Waals surface area (Å²) in [5.74, 6) is 5.67. The number of nitrogens with zero attached hydrogens (tertiary/aromatic N) is 2. The highest BCUT2D eigenvalue weighted by Crippen LogP contribution is 2.21. The van der Waals surface area contributed by atoms with Crippen LogP contribution in [0.25, 0.3) is 0 Å². The quantitative estimate of drug-likeness (QED) is 0.293. The second kappa shape index (κ2) is 10.9. The Kier molecular flexibility index (Phi) is 8.07. The Balaban J connectivity index is 1.67. The third-order valence-corrected chi connectivity index (χ3v) is 5.15. The van der Waals surface area contributed by atoms with E-state index in [-0.39, 0.29) is 18.3 Å². The maximum absolute atomic E-state index is 12.9. The normalized spacial score (nSPS) is 13.8. The van der Waals surface area contributed by atoms with Gasteiger partial charge in [0.25, 0.3) is 5.91 Å². The highest BCUT2D eigenvalue weighted by Gasteiger charge is 2.27. The lowest BCUT2D eigenvalue weighted by Crippen LogP contribution is -2.42. The molecule has 0 fully saturated rings. The second-order valence-corrected chi connectivity index (χ2v) is 10.7. The summed E-state index contributed by atoms with van der Waals surface area (Å²) in [5, 5.41) is 0. The first-order valence-corrected chi connectivity index (χ1v) is 12.0. The number of nitrogens with two attached hydrogens (primary N) is 1. The van der Waals surface area contributed by atoms with Gasteiger partial charge >= 0.3 is 12.1 Å². The molecule has 0 saturated heterocycles. The van der Waals surface area contributed by atoms with Crippen LogP contribution in [-0.2, 0) is 20.7 Å². The Morgan fingerprint density at radius 3 is 2.16 bits per heavy atom. The standard InChI is InChI=1S/C29H33N3O5/c1-28(2,3)36-24(33)18-32-16-15-22-17-20(11-14-23(22)26(32)34)8-7-19-9-12-21(13-10-19)25(30)31-27(35)37-29(4,5)6/h9-14,17H,15-16,18H2,1-6H3,(H2,30,31,35). The second-order valence-electron chi connectivity index (χ2n) is 10.7. The third-order valence-electron chi connectivity index (χ3n) is 5.15. The number of benzene rings is 2. The number of carbonyl (C=O) groups is 3. The molecular formula is C29H33N3O5. The molecule has 194 valence electrons. The Bertz CT molecular complexity index is 1290. The molecule has 0 saturated carbocycles. The van der Waals surface area contributed by atoms with Crippen molar-refractivity contribution in [2.45, 2.75) is 59.2 Å². The van der Waals surface area contributed by atoms with Gasteiger partial charge in [-0.25, -0.2) is 4.79 Å². The minimum atomic E-state index is -0.743. The topological polar surface area (TPSA) is 111 Å². The van der Waals surface area contributed by atoms with Crippen LogP contribution in [0.3, 0.4) is 0 Å². The lowest BCUT2D eigenvalue weighted by molar-refractivity contribution is -0.155. The summed E-state index contributed by atoms with van der Waals surface area (Å²) in [4.78, 5) is 42.2. The van der Waals surface area contributed by atoms with E-state index >= 15 is 0 Å². The van der Waals surface area contributed by atoms with Crippen LogP contribution in [0.15, 0.2) is 47.5 Å². The molecule has 0 aliphatic carbocycles. The van der Waals surface area contributed by atoms with Gasteiger partial charge in [0.05, 0.1) is 0 Å². The smallest absolute Gasteiger partial charge is 0.436 e. The number of amides is 2. The first-order chi connectivity index (χ1) is 17.2. The van der Waals surface area contributed by atoms with E-state index in [1.54, 1.807) is 77.9 Å². The number of rotatable bonds is 3. The molecule has 0 unspecified atom stereocenters. The van der Waals surface area contributed by atoms with E-state index in [4.69, 9.17) is 15.2 Å². The van der Waals surface area contributed by atoms with Crippen LogP contribution < -0.4 is 5.73 Å². The molecule has 1 aliphatic heterocycles. The van der Waals surface area contributed by atoms with Crippen LogP contribution in [0.5, 0.6) is 0 Å². The van der Waals surface area contributed by atoms with Gasteiger partial charge in [-0.15, -0.1) is 0 Å². The fraction of sp³-hybridized carbons (Fsp3) is 0.379. The maximum Gasteiger partial charge on any atom is 0.436 e. The van der Waals surface area contributed by atoms with Gasteiger partial charge in [-0.3, -0.25) is 9.59 Å². The molecule has 0 radical (unpaired) electrons. The first kappa shape index (κ1) is 27.5. The number of amidine groups is 1. The Labute approximate surface area is 217 Å². The van der Waals surface area contributed by atoms with Gasteiger partial charge in [0.1, 0.15) is 23.6 Å². The fourth-order valence-corrected chi connectivity index (χ4v) is 3.61. The molecule has 37 heavy (non-hydrogen) atoms. The molecule has 1 aliphatic rings. The van der Waals surface area contributed by atoms with Gasteiger partial charge < -0.3 is 20.1 Å². The number of ether oxygens (including phenoxy) is 2. The van der Waals surface area contributed by atoms with Crippen molar-refractivity contribution in [3.05, 3.63) is 70.3 Å². The zero-order valence-electron chi connectivity index (χ0n) is 22.2. The Hall–Kier alpha value is -4.12. The number of aliphatic imine (C=N–C) groups is 1. The van der Waals surface area contributed by atoms with Gasteiger partial charge in [0.2, 0.25) is 0 Å². The summed E-state index contributed by atoms with van der Waals surface area (Å²) >= 11 is 0. The SMILES string of the molecule is CC(C)(C)OC(=O)CN1CCc2cc(C#Cc3ccc(/C(N)=N/C(=O)OC(C)(C)C)cc3)ccc2C1=O. The van der Waals surface area contributed by atoms with Gasteiger partial charge in [-0.2, -0.15) is 4.99 Å². The lowest BCUT2D eigenvalue weighted by atomic mass is 9.96. The van der Waals surface area contributed by atoms with E-state index in [1.807, 2.05) is 6.07 Å². The van der Waals surface area contributed by atoms with E-state index in [2.05, 4.69) is 16.8 Å². The first-order valence-electron chi connectivity index (χ1n) is 12.0. The predicted molar refractivity (Wildman–Crippen MR) is 141 cm³/mol. The Morgan fingerprint density at radius 1 is 0.946 bits per heavy atom. The molecule has 0 atom stereocenters. The average molecular weight is 504 g/mol. The summed E-state index contributed by atoms with van der Waals surface area (Å²) in [6, 6.07) is 12.5. The molecule has 0 bridgehead atoms. The fourth-order valence-electron chi connectivity index (χ4n) is 3.61. The van der Waals surface area contributed by atoms with E-state index in [1.165, 1.54) is 4.90 Å². The van der Waals surface area contributed by atoms with E-state index < -0.39 is 23.3 Å². The van der Waals surface area contributed by atoms with E-state index in [0.717, 1.165) is 16.7 Å². The van der Waals surface area contributed by atoms with Crippen molar-refractivity contribution < 1.29 is 23.9 Å². The maximum atomic E-state index is 12.9. The summed E-state index contributed by atoms with van der Waals surface area (Å²) < 4.78 is 10.5. The zero-order valence-corrected chi connectivity index (χ0v) is 22.2. The van der Waals surface area contributed by atoms with Crippen LogP contribution in [-0.4, -0.2) is 53.0 Å². The molecule has 8 nitrogen and oxygen atoms in total. The van der Waals surface area contributed by atoms with Crippen molar-refractivity contribution >= 4 is 23.8 Å². The number of hydrogen-bond acceptors (Lipinski definition) is 5. The van der Waals surface area contributed by atoms with Gasteiger partial charge in [-0.05, 0) is 83.9 Å². The van der Waals surface area contributed by atoms with E-state index in [9.17, 15) is 14.4 Å². The van der Waals surface area contributed by atoms with Crippen molar-refractivity contribution in [3.8, 4) is 11.8 Å². The van der Waals surface area contributed by atoms with Gasteiger partial charge in [0.15, 0.2) is 0 Å². The van der Waals surface area contributed by atoms with Crippen LogP contribution in [0.2, 0.25) is 0 Å². The van der Waals surface area contributed by atoms with Crippen LogP contribution in [0.4, 0.5) is 4.79 Å². The number of esters is 1. The van der Waals surface area contributed by atoms with Crippen molar-refractivity contribution in [3.63, 3.8) is 0 Å². The summed E-state index contributed by atoms with van der Waals surface area (Å²) in [5.41, 5.74) is 8.28. The number of fused-ring (bicyclic) bond motifs is 1. The van der Waals surface area contributed by atoms with Crippen LogP contribution in [0.1, 0.15) is 74.2 Å². The predicted octanol–water partition coefficient (Wildman–Crippen LogP) is 4.07. The van der Waals surface area contributed by atoms with Crippen molar-refractivity contribution in [1.29, 1.82) is 0 Å². The molecule has 8 heteroatoms. The number of hydrogen-bond donors (Lipinski definition) is 1. The third kappa shape index (κ3) is 8.21. The zero-order chi connectivity index (χ0) is 27.4. The minimum absolute atomic E-state index is 0.0637.